The highest BCUT2D eigenvalue weighted by Crippen LogP contribution is 2.40. The van der Waals surface area contributed by atoms with E-state index in [1.165, 1.54) is 28.9 Å². The van der Waals surface area contributed by atoms with E-state index in [1.54, 1.807) is 19.1 Å². The molecule has 0 bridgehead atoms. The van der Waals surface area contributed by atoms with E-state index in [0.29, 0.717) is 22.9 Å². The van der Waals surface area contributed by atoms with E-state index in [9.17, 15) is 18.4 Å². The van der Waals surface area contributed by atoms with Crippen molar-refractivity contribution < 1.29 is 18.3 Å². The number of fused-ring (bicyclic) bond motifs is 1. The van der Waals surface area contributed by atoms with Gasteiger partial charge < -0.3 is 10.1 Å². The van der Waals surface area contributed by atoms with E-state index in [4.69, 9.17) is 0 Å². The van der Waals surface area contributed by atoms with Crippen LogP contribution in [0, 0.1) is 6.92 Å². The maximum absolute atomic E-state index is 12.5. The Bertz CT molecular complexity index is 1090. The molecule has 0 radical (unpaired) electrons. The molecular weight excluding hydrogens is 372 g/mol. The fraction of sp³-hybridized carbons (Fsp3) is 0.222. The highest BCUT2D eigenvalue weighted by molar-refractivity contribution is 5.95. The van der Waals surface area contributed by atoms with Gasteiger partial charge in [-0.05, 0) is 30.7 Å². The Kier molecular flexibility index (Phi) is 4.38. The molecule has 1 atom stereocenters. The summed E-state index contributed by atoms with van der Waals surface area (Å²) < 4.78 is 31.0. The number of H-pyrrole nitrogens is 1. The summed E-state index contributed by atoms with van der Waals surface area (Å²) in [6.07, 6.45) is 0.136. The van der Waals surface area contributed by atoms with Gasteiger partial charge in [0.1, 0.15) is 11.6 Å². The lowest BCUT2D eigenvalue weighted by Gasteiger charge is -2.24. The summed E-state index contributed by atoms with van der Waals surface area (Å²) in [4.78, 5) is 23.6. The average Bonchev–Trinajstić information content (AvgIpc) is 2.98. The Hall–Kier alpha value is -3.56. The third-order valence-corrected chi connectivity index (χ3v) is 4.47. The number of amides is 1. The largest absolute Gasteiger partial charge is 0.435 e. The van der Waals surface area contributed by atoms with Gasteiger partial charge in [0.15, 0.2) is 5.82 Å². The molecule has 0 unspecified atom stereocenters. The molecule has 144 valence electrons. The number of aryl methyl sites for hydroxylation is 1. The van der Waals surface area contributed by atoms with E-state index in [-0.39, 0.29) is 29.6 Å². The van der Waals surface area contributed by atoms with Crippen LogP contribution in [0.5, 0.6) is 5.75 Å². The number of halogens is 2. The van der Waals surface area contributed by atoms with Gasteiger partial charge in [-0.25, -0.2) is 5.10 Å². The fourth-order valence-electron chi connectivity index (χ4n) is 3.36. The lowest BCUT2D eigenvalue weighted by molar-refractivity contribution is -0.116. The molecule has 0 saturated carbocycles. The van der Waals surface area contributed by atoms with Crippen molar-refractivity contribution in [1.82, 2.24) is 20.0 Å². The van der Waals surface area contributed by atoms with Crippen LogP contribution in [0.4, 0.5) is 14.6 Å². The zero-order valence-electron chi connectivity index (χ0n) is 14.6. The highest BCUT2D eigenvalue weighted by atomic mass is 19.3. The van der Waals surface area contributed by atoms with Gasteiger partial charge in [-0.2, -0.15) is 23.7 Å². The van der Waals surface area contributed by atoms with Crippen LogP contribution >= 0.6 is 0 Å². The molecule has 3 heterocycles. The topological polar surface area (TPSA) is 102 Å². The number of nitrogens with zero attached hydrogens (tertiary/aromatic N) is 3. The van der Waals surface area contributed by atoms with E-state index < -0.39 is 6.61 Å². The molecule has 0 aliphatic carbocycles. The number of aromatic nitrogens is 4. The summed E-state index contributed by atoms with van der Waals surface area (Å²) in [5.41, 5.74) is 1.69. The summed E-state index contributed by atoms with van der Waals surface area (Å²) in [5.74, 6) is 0.148. The zero-order chi connectivity index (χ0) is 19.8. The van der Waals surface area contributed by atoms with Crippen molar-refractivity contribution >= 4 is 11.7 Å². The number of nitrogens with one attached hydrogen (secondary N) is 2. The van der Waals surface area contributed by atoms with Gasteiger partial charge in [0.2, 0.25) is 5.91 Å². The normalized spacial score (nSPS) is 16.0. The molecule has 1 aliphatic heterocycles. The molecule has 1 aromatic carbocycles. The first kappa shape index (κ1) is 17.8. The van der Waals surface area contributed by atoms with Gasteiger partial charge in [0.05, 0.1) is 5.69 Å². The number of alkyl halides is 2. The molecular formula is C18H15F2N5O3. The lowest BCUT2D eigenvalue weighted by Crippen LogP contribution is -2.25. The fourth-order valence-corrected chi connectivity index (χ4v) is 3.36. The number of hydrogen-bond donors (Lipinski definition) is 2. The lowest BCUT2D eigenvalue weighted by atomic mass is 9.86. The second kappa shape index (κ2) is 6.87. The van der Waals surface area contributed by atoms with Gasteiger partial charge in [0.25, 0.3) is 5.56 Å². The quantitative estimate of drug-likeness (QED) is 0.716. The molecule has 0 fully saturated rings. The van der Waals surface area contributed by atoms with Crippen molar-refractivity contribution in [2.24, 2.45) is 0 Å². The van der Waals surface area contributed by atoms with Crippen molar-refractivity contribution in [3.05, 3.63) is 63.6 Å². The molecule has 2 N–H and O–H groups in total. The minimum absolute atomic E-state index is 0.0207. The van der Waals surface area contributed by atoms with E-state index in [0.717, 1.165) is 5.56 Å². The molecule has 1 amide bonds. The summed E-state index contributed by atoms with van der Waals surface area (Å²) in [5, 5.41) is 13.5. The maximum atomic E-state index is 12.5. The highest BCUT2D eigenvalue weighted by Gasteiger charge is 2.33. The van der Waals surface area contributed by atoms with Gasteiger partial charge in [-0.1, -0.05) is 12.1 Å². The third kappa shape index (κ3) is 3.24. The molecule has 1 aliphatic rings. The van der Waals surface area contributed by atoms with Gasteiger partial charge in [0, 0.05) is 24.0 Å². The number of ether oxygens (including phenoxy) is 1. The Morgan fingerprint density at radius 1 is 1.25 bits per heavy atom. The van der Waals surface area contributed by atoms with Crippen molar-refractivity contribution in [2.45, 2.75) is 25.9 Å². The molecule has 10 heteroatoms. The van der Waals surface area contributed by atoms with Crippen LogP contribution in [-0.4, -0.2) is 32.5 Å². The summed E-state index contributed by atoms with van der Waals surface area (Å²) >= 11 is 0. The average molecular weight is 387 g/mol. The van der Waals surface area contributed by atoms with Crippen LogP contribution in [0.3, 0.4) is 0 Å². The van der Waals surface area contributed by atoms with Crippen molar-refractivity contribution in [2.75, 3.05) is 5.32 Å². The minimum Gasteiger partial charge on any atom is -0.435 e. The SMILES string of the molecule is Cc1nn(-c2ccc(=O)[nH]n2)c2c1[C@H](c1cccc(OC(F)F)c1)CC(=O)N2. The van der Waals surface area contributed by atoms with Crippen LogP contribution in [0.2, 0.25) is 0 Å². The van der Waals surface area contributed by atoms with Gasteiger partial charge in [-0.15, -0.1) is 0 Å². The van der Waals surface area contributed by atoms with Crippen LogP contribution in [0.25, 0.3) is 5.82 Å². The predicted octanol–water partition coefficient (Wildman–Crippen LogP) is 2.34. The first-order valence-electron chi connectivity index (χ1n) is 8.42. The summed E-state index contributed by atoms with van der Waals surface area (Å²) in [6.45, 7) is -1.15. The van der Waals surface area contributed by atoms with Crippen LogP contribution in [0.1, 0.15) is 29.2 Å². The summed E-state index contributed by atoms with van der Waals surface area (Å²) in [6, 6.07) is 9.06. The predicted molar refractivity (Wildman–Crippen MR) is 94.9 cm³/mol. The van der Waals surface area contributed by atoms with Crippen LogP contribution < -0.4 is 15.6 Å². The van der Waals surface area contributed by atoms with Crippen LogP contribution in [-0.2, 0) is 4.79 Å². The van der Waals surface area contributed by atoms with Gasteiger partial charge in [-0.3, -0.25) is 9.59 Å². The molecule has 8 nitrogen and oxygen atoms in total. The monoisotopic (exact) mass is 387 g/mol. The molecule has 0 saturated heterocycles. The minimum atomic E-state index is -2.93. The van der Waals surface area contributed by atoms with E-state index in [1.807, 2.05) is 0 Å². The smallest absolute Gasteiger partial charge is 0.387 e. The number of anilines is 1. The first-order valence-corrected chi connectivity index (χ1v) is 8.42. The maximum Gasteiger partial charge on any atom is 0.387 e. The number of benzene rings is 1. The molecule has 4 rings (SSSR count). The summed E-state index contributed by atoms with van der Waals surface area (Å²) in [7, 11) is 0. The van der Waals surface area contributed by atoms with E-state index >= 15 is 0 Å². The Morgan fingerprint density at radius 3 is 2.79 bits per heavy atom. The second-order valence-corrected chi connectivity index (χ2v) is 6.29. The Labute approximate surface area is 157 Å². The Balaban J connectivity index is 1.81. The number of aromatic amines is 1. The third-order valence-electron chi connectivity index (χ3n) is 4.47. The standard InChI is InChI=1S/C18H15F2N5O3/c1-9-16-12(10-3-2-4-11(7-10)28-18(19)20)8-15(27)21-17(16)25(24-9)13-5-6-14(26)23-22-13/h2-7,12,18H,8H2,1H3,(H,21,27)(H,23,26)/t12-/m0/s1. The number of carbonyl (C=O) groups is 1. The number of hydrogen-bond acceptors (Lipinski definition) is 5. The number of carbonyl (C=O) groups excluding carboxylic acids is 1. The van der Waals surface area contributed by atoms with Crippen molar-refractivity contribution in [1.29, 1.82) is 0 Å². The molecule has 3 aromatic rings. The first-order chi connectivity index (χ1) is 13.4. The Morgan fingerprint density at radius 2 is 2.07 bits per heavy atom. The van der Waals surface area contributed by atoms with Crippen molar-refractivity contribution in [3.8, 4) is 11.6 Å². The molecule has 2 aromatic heterocycles. The zero-order valence-corrected chi connectivity index (χ0v) is 14.6. The van der Waals surface area contributed by atoms with Gasteiger partial charge >= 0.3 is 6.61 Å². The number of rotatable bonds is 4. The molecule has 28 heavy (non-hydrogen) atoms. The van der Waals surface area contributed by atoms with Crippen LogP contribution in [0.15, 0.2) is 41.2 Å². The second-order valence-electron chi connectivity index (χ2n) is 6.29. The van der Waals surface area contributed by atoms with E-state index in [2.05, 4.69) is 25.3 Å². The molecule has 0 spiro atoms. The van der Waals surface area contributed by atoms with Crippen molar-refractivity contribution in [3.63, 3.8) is 0 Å².